The molecule has 2 amide bonds. The van der Waals surface area contributed by atoms with Crippen molar-refractivity contribution in [2.24, 2.45) is 11.3 Å². The molecule has 0 unspecified atom stereocenters. The van der Waals surface area contributed by atoms with E-state index in [1.807, 2.05) is 20.8 Å². The minimum absolute atomic E-state index is 0.258. The molecular formula is C14H24N2O3. The molecule has 0 aliphatic heterocycles. The third kappa shape index (κ3) is 3.39. The molecule has 0 spiro atoms. The van der Waals surface area contributed by atoms with Gasteiger partial charge in [0.1, 0.15) is 6.54 Å². The Morgan fingerprint density at radius 1 is 1.32 bits per heavy atom. The van der Waals surface area contributed by atoms with E-state index in [0.717, 1.165) is 5.92 Å². The highest BCUT2D eigenvalue weighted by atomic mass is 16.4. The van der Waals surface area contributed by atoms with Crippen LogP contribution in [0, 0.1) is 11.3 Å². The van der Waals surface area contributed by atoms with Gasteiger partial charge in [0.15, 0.2) is 0 Å². The summed E-state index contributed by atoms with van der Waals surface area (Å²) >= 11 is 0. The van der Waals surface area contributed by atoms with Crippen molar-refractivity contribution in [3.8, 4) is 0 Å². The fourth-order valence-electron chi connectivity index (χ4n) is 2.68. The molecule has 5 heteroatoms. The Morgan fingerprint density at radius 3 is 2.26 bits per heavy atom. The van der Waals surface area contributed by atoms with E-state index in [9.17, 15) is 9.59 Å². The molecule has 2 rings (SSSR count). The Morgan fingerprint density at radius 2 is 1.89 bits per heavy atom. The van der Waals surface area contributed by atoms with Gasteiger partial charge in [-0.3, -0.25) is 4.79 Å². The van der Waals surface area contributed by atoms with Crippen LogP contribution in [0.2, 0.25) is 0 Å². The van der Waals surface area contributed by atoms with Crippen molar-refractivity contribution in [1.82, 2.24) is 10.2 Å². The monoisotopic (exact) mass is 268 g/mol. The molecule has 5 nitrogen and oxygen atoms in total. The average Bonchev–Trinajstić information content (AvgIpc) is 3.12. The van der Waals surface area contributed by atoms with E-state index in [2.05, 4.69) is 5.32 Å². The number of carbonyl (C=O) groups is 2. The fraction of sp³-hybridized carbons (Fsp3) is 0.857. The lowest BCUT2D eigenvalue weighted by Crippen LogP contribution is -2.53. The first-order chi connectivity index (χ1) is 8.74. The molecule has 0 bridgehead atoms. The highest BCUT2D eigenvalue weighted by Crippen LogP contribution is 2.60. The zero-order valence-electron chi connectivity index (χ0n) is 12.0. The third-order valence-electron chi connectivity index (χ3n) is 4.28. The van der Waals surface area contributed by atoms with Crippen LogP contribution in [-0.4, -0.2) is 40.6 Å². The lowest BCUT2D eigenvalue weighted by molar-refractivity contribution is -0.138. The minimum Gasteiger partial charge on any atom is -0.480 e. The van der Waals surface area contributed by atoms with E-state index in [1.54, 1.807) is 0 Å². The molecule has 0 aromatic rings. The number of hydrogen-bond donors (Lipinski definition) is 2. The summed E-state index contributed by atoms with van der Waals surface area (Å²) in [4.78, 5) is 24.5. The zero-order chi connectivity index (χ0) is 14.3. The summed E-state index contributed by atoms with van der Waals surface area (Å²) in [6, 6.07) is -0.262. The number of hydrogen-bond acceptors (Lipinski definition) is 2. The molecule has 2 aliphatic carbocycles. The number of rotatable bonds is 5. The van der Waals surface area contributed by atoms with Gasteiger partial charge >= 0.3 is 12.0 Å². The van der Waals surface area contributed by atoms with Gasteiger partial charge in [-0.25, -0.2) is 4.79 Å². The molecule has 108 valence electrons. The van der Waals surface area contributed by atoms with Gasteiger partial charge < -0.3 is 15.3 Å². The first kappa shape index (κ1) is 14.2. The zero-order valence-corrected chi connectivity index (χ0v) is 12.0. The predicted molar refractivity (Wildman–Crippen MR) is 71.9 cm³/mol. The number of carboxylic acids is 1. The van der Waals surface area contributed by atoms with Crippen LogP contribution in [0.3, 0.4) is 0 Å². The van der Waals surface area contributed by atoms with E-state index < -0.39 is 11.5 Å². The SMILES string of the molecule is CC(C)(C)N(CC(=O)O)C(=O)NCC1(C2CC2)CC1. The third-order valence-corrected chi connectivity index (χ3v) is 4.28. The molecular weight excluding hydrogens is 244 g/mol. The molecule has 0 atom stereocenters. The van der Waals surface area contributed by atoms with Crippen LogP contribution in [0.4, 0.5) is 4.79 Å². The van der Waals surface area contributed by atoms with Gasteiger partial charge in [0, 0.05) is 12.1 Å². The molecule has 0 aromatic heterocycles. The van der Waals surface area contributed by atoms with E-state index in [-0.39, 0.29) is 12.6 Å². The Bertz CT molecular complexity index is 379. The summed E-state index contributed by atoms with van der Waals surface area (Å²) in [7, 11) is 0. The Kier molecular flexibility index (Phi) is 3.49. The Hall–Kier alpha value is -1.26. The number of carbonyl (C=O) groups excluding carboxylic acids is 1. The summed E-state index contributed by atoms with van der Waals surface area (Å²) in [6.07, 6.45) is 4.97. The lowest BCUT2D eigenvalue weighted by atomic mass is 10.0. The Balaban J connectivity index is 1.90. The average molecular weight is 268 g/mol. The highest BCUT2D eigenvalue weighted by molar-refractivity contribution is 5.80. The molecule has 0 aromatic carbocycles. The number of nitrogens with one attached hydrogen (secondary N) is 1. The van der Waals surface area contributed by atoms with Gasteiger partial charge in [-0.2, -0.15) is 0 Å². The van der Waals surface area contributed by atoms with Crippen molar-refractivity contribution < 1.29 is 14.7 Å². The van der Waals surface area contributed by atoms with Crippen LogP contribution in [0.15, 0.2) is 0 Å². The van der Waals surface area contributed by atoms with Crippen molar-refractivity contribution in [2.45, 2.75) is 52.0 Å². The molecule has 0 radical (unpaired) electrons. The summed E-state index contributed by atoms with van der Waals surface area (Å²) < 4.78 is 0. The topological polar surface area (TPSA) is 69.6 Å². The molecule has 2 saturated carbocycles. The van der Waals surface area contributed by atoms with Gasteiger partial charge in [0.05, 0.1) is 0 Å². The quantitative estimate of drug-likeness (QED) is 0.802. The highest BCUT2D eigenvalue weighted by Gasteiger charge is 2.53. The van der Waals surface area contributed by atoms with E-state index >= 15 is 0 Å². The van der Waals surface area contributed by atoms with Crippen molar-refractivity contribution >= 4 is 12.0 Å². The van der Waals surface area contributed by atoms with Crippen molar-refractivity contribution in [3.05, 3.63) is 0 Å². The number of nitrogens with zero attached hydrogens (tertiary/aromatic N) is 1. The van der Waals surface area contributed by atoms with E-state index in [0.29, 0.717) is 12.0 Å². The van der Waals surface area contributed by atoms with Gasteiger partial charge in [0.2, 0.25) is 0 Å². The fourth-order valence-corrected chi connectivity index (χ4v) is 2.68. The van der Waals surface area contributed by atoms with Gasteiger partial charge in [-0.15, -0.1) is 0 Å². The number of carboxylic acid groups (broad SMARTS) is 1. The summed E-state index contributed by atoms with van der Waals surface area (Å²) in [6.45, 7) is 5.99. The van der Waals surface area contributed by atoms with Gasteiger partial charge in [-0.05, 0) is 57.8 Å². The first-order valence-corrected chi connectivity index (χ1v) is 7.02. The number of urea groups is 1. The Labute approximate surface area is 114 Å². The molecule has 0 heterocycles. The first-order valence-electron chi connectivity index (χ1n) is 7.02. The van der Waals surface area contributed by atoms with Crippen LogP contribution in [0.25, 0.3) is 0 Å². The van der Waals surface area contributed by atoms with Crippen molar-refractivity contribution in [2.75, 3.05) is 13.1 Å². The summed E-state index contributed by atoms with van der Waals surface area (Å²) in [5, 5.41) is 11.9. The molecule has 2 N–H and O–H groups in total. The maximum absolute atomic E-state index is 12.2. The normalized spacial score (nSPS) is 20.8. The second-order valence-electron chi connectivity index (χ2n) is 6.95. The van der Waals surface area contributed by atoms with Gasteiger partial charge in [-0.1, -0.05) is 0 Å². The standard InChI is InChI=1S/C14H24N2O3/c1-13(2,3)16(8-11(17)18)12(19)15-9-14(6-7-14)10-4-5-10/h10H,4-9H2,1-3H3,(H,15,19)(H,17,18). The maximum Gasteiger partial charge on any atom is 0.323 e. The van der Waals surface area contributed by atoms with E-state index in [1.165, 1.54) is 30.6 Å². The second-order valence-corrected chi connectivity index (χ2v) is 6.95. The van der Waals surface area contributed by atoms with Crippen molar-refractivity contribution in [1.29, 1.82) is 0 Å². The van der Waals surface area contributed by atoms with E-state index in [4.69, 9.17) is 5.11 Å². The van der Waals surface area contributed by atoms with Crippen LogP contribution in [0.5, 0.6) is 0 Å². The van der Waals surface area contributed by atoms with Crippen LogP contribution >= 0.6 is 0 Å². The second kappa shape index (κ2) is 4.69. The summed E-state index contributed by atoms with van der Waals surface area (Å²) in [5.41, 5.74) is -0.152. The number of amides is 2. The minimum atomic E-state index is -0.978. The number of aliphatic carboxylic acids is 1. The molecule has 2 aliphatic rings. The van der Waals surface area contributed by atoms with Crippen LogP contribution in [0.1, 0.15) is 46.5 Å². The smallest absolute Gasteiger partial charge is 0.323 e. The maximum atomic E-state index is 12.2. The molecule has 0 saturated heterocycles. The lowest BCUT2D eigenvalue weighted by Gasteiger charge is -2.34. The predicted octanol–water partition coefficient (Wildman–Crippen LogP) is 2.07. The summed E-state index contributed by atoms with van der Waals surface area (Å²) in [5.74, 6) is -0.191. The van der Waals surface area contributed by atoms with Crippen LogP contribution in [-0.2, 0) is 4.79 Å². The van der Waals surface area contributed by atoms with Crippen molar-refractivity contribution in [3.63, 3.8) is 0 Å². The molecule has 2 fully saturated rings. The van der Waals surface area contributed by atoms with Crippen LogP contribution < -0.4 is 5.32 Å². The largest absolute Gasteiger partial charge is 0.480 e. The molecule has 19 heavy (non-hydrogen) atoms. The van der Waals surface area contributed by atoms with Gasteiger partial charge in [0.25, 0.3) is 0 Å².